The molecule has 4 nitrogen and oxygen atoms in total. The van der Waals surface area contributed by atoms with Crippen molar-refractivity contribution < 1.29 is 14.3 Å². The van der Waals surface area contributed by atoms with Crippen LogP contribution in [0.25, 0.3) is 0 Å². The summed E-state index contributed by atoms with van der Waals surface area (Å²) in [4.78, 5) is 13.4. The summed E-state index contributed by atoms with van der Waals surface area (Å²) in [5.74, 6) is -0.167. The Balaban J connectivity index is 2.52. The van der Waals surface area contributed by atoms with Gasteiger partial charge in [0, 0.05) is 19.7 Å². The fraction of sp³-hybridized carbons (Fsp3) is 0.900. The monoisotopic (exact) mass is 201 g/mol. The van der Waals surface area contributed by atoms with E-state index in [4.69, 9.17) is 9.47 Å². The average molecular weight is 201 g/mol. The van der Waals surface area contributed by atoms with E-state index >= 15 is 0 Å². The van der Waals surface area contributed by atoms with Gasteiger partial charge in [0.2, 0.25) is 0 Å². The molecular formula is C10H19NO3. The van der Waals surface area contributed by atoms with Crippen molar-refractivity contribution in [2.75, 3.05) is 26.8 Å². The zero-order valence-corrected chi connectivity index (χ0v) is 9.16. The highest BCUT2D eigenvalue weighted by Crippen LogP contribution is 2.09. The average Bonchev–Trinajstić information content (AvgIpc) is 2.40. The van der Waals surface area contributed by atoms with Crippen LogP contribution in [0.3, 0.4) is 0 Å². The number of carbonyl (C=O) groups excluding carboxylic acids is 1. The van der Waals surface area contributed by atoms with Crippen molar-refractivity contribution in [3.05, 3.63) is 0 Å². The summed E-state index contributed by atoms with van der Waals surface area (Å²) in [7, 11) is 1.43. The molecule has 1 saturated heterocycles. The number of nitrogens with zero attached hydrogens (tertiary/aromatic N) is 1. The quantitative estimate of drug-likeness (QED) is 0.615. The second-order valence-electron chi connectivity index (χ2n) is 3.73. The topological polar surface area (TPSA) is 38.8 Å². The zero-order chi connectivity index (χ0) is 10.6. The Labute approximate surface area is 85.2 Å². The highest BCUT2D eigenvalue weighted by atomic mass is 16.5. The number of rotatable bonds is 2. The highest BCUT2D eigenvalue weighted by Gasteiger charge is 2.24. The fourth-order valence-corrected chi connectivity index (χ4v) is 1.70. The van der Waals surface area contributed by atoms with Gasteiger partial charge in [0.05, 0.1) is 13.2 Å². The first kappa shape index (κ1) is 11.5. The molecule has 0 saturated carbocycles. The first-order valence-corrected chi connectivity index (χ1v) is 5.08. The third-order valence-corrected chi connectivity index (χ3v) is 2.57. The van der Waals surface area contributed by atoms with Crippen LogP contribution in [0.1, 0.15) is 20.3 Å². The van der Waals surface area contributed by atoms with E-state index in [1.807, 2.05) is 13.8 Å². The van der Waals surface area contributed by atoms with Gasteiger partial charge in [0.25, 0.3) is 0 Å². The molecule has 1 aliphatic rings. The van der Waals surface area contributed by atoms with Crippen LogP contribution in [0.5, 0.6) is 0 Å². The van der Waals surface area contributed by atoms with Crippen LogP contribution in [0.2, 0.25) is 0 Å². The SMILES string of the molecule is COC(=O)C(C)N1CCCOC(C)C1. The van der Waals surface area contributed by atoms with E-state index in [9.17, 15) is 4.79 Å². The van der Waals surface area contributed by atoms with E-state index in [2.05, 4.69) is 4.90 Å². The van der Waals surface area contributed by atoms with Crippen molar-refractivity contribution in [3.8, 4) is 0 Å². The van der Waals surface area contributed by atoms with Crippen LogP contribution in [-0.4, -0.2) is 49.8 Å². The van der Waals surface area contributed by atoms with E-state index in [1.54, 1.807) is 0 Å². The molecule has 2 atom stereocenters. The lowest BCUT2D eigenvalue weighted by Crippen LogP contribution is -2.42. The molecule has 0 amide bonds. The fourth-order valence-electron chi connectivity index (χ4n) is 1.70. The molecule has 1 fully saturated rings. The summed E-state index contributed by atoms with van der Waals surface area (Å²) in [5, 5.41) is 0. The van der Waals surface area contributed by atoms with Gasteiger partial charge >= 0.3 is 5.97 Å². The van der Waals surface area contributed by atoms with Crippen LogP contribution in [-0.2, 0) is 14.3 Å². The minimum absolute atomic E-state index is 0.163. The normalized spacial score (nSPS) is 26.6. The Morgan fingerprint density at radius 3 is 3.00 bits per heavy atom. The molecule has 0 aromatic heterocycles. The second-order valence-corrected chi connectivity index (χ2v) is 3.73. The first-order valence-electron chi connectivity index (χ1n) is 5.08. The van der Waals surface area contributed by atoms with E-state index in [0.717, 1.165) is 26.1 Å². The molecule has 14 heavy (non-hydrogen) atoms. The summed E-state index contributed by atoms with van der Waals surface area (Å²) in [6.07, 6.45) is 1.18. The Hall–Kier alpha value is -0.610. The molecule has 0 aliphatic carbocycles. The highest BCUT2D eigenvalue weighted by molar-refractivity contribution is 5.75. The lowest BCUT2D eigenvalue weighted by atomic mass is 10.2. The van der Waals surface area contributed by atoms with Gasteiger partial charge in [-0.2, -0.15) is 0 Å². The smallest absolute Gasteiger partial charge is 0.322 e. The number of carbonyl (C=O) groups is 1. The summed E-state index contributed by atoms with van der Waals surface area (Å²) < 4.78 is 10.2. The van der Waals surface area contributed by atoms with Crippen molar-refractivity contribution in [2.24, 2.45) is 0 Å². The molecular weight excluding hydrogens is 182 g/mol. The molecule has 0 bridgehead atoms. The van der Waals surface area contributed by atoms with Crippen molar-refractivity contribution in [1.29, 1.82) is 0 Å². The van der Waals surface area contributed by atoms with Gasteiger partial charge in [-0.05, 0) is 20.3 Å². The molecule has 82 valence electrons. The summed E-state index contributed by atoms with van der Waals surface area (Å²) >= 11 is 0. The molecule has 4 heteroatoms. The molecule has 0 spiro atoms. The Kier molecular flexibility index (Phi) is 4.35. The molecule has 0 aromatic rings. The van der Waals surface area contributed by atoms with Gasteiger partial charge in [-0.3, -0.25) is 9.69 Å². The number of esters is 1. The van der Waals surface area contributed by atoms with Gasteiger partial charge in [-0.15, -0.1) is 0 Å². The van der Waals surface area contributed by atoms with Gasteiger partial charge in [0.1, 0.15) is 6.04 Å². The molecule has 1 aliphatic heterocycles. The van der Waals surface area contributed by atoms with Crippen molar-refractivity contribution in [2.45, 2.75) is 32.4 Å². The van der Waals surface area contributed by atoms with E-state index in [0.29, 0.717) is 0 Å². The maximum absolute atomic E-state index is 11.3. The third kappa shape index (κ3) is 2.96. The molecule has 1 heterocycles. The van der Waals surface area contributed by atoms with Crippen LogP contribution in [0.15, 0.2) is 0 Å². The Bertz CT molecular complexity index is 196. The maximum Gasteiger partial charge on any atom is 0.322 e. The minimum Gasteiger partial charge on any atom is -0.468 e. The van der Waals surface area contributed by atoms with Crippen LogP contribution >= 0.6 is 0 Å². The van der Waals surface area contributed by atoms with Crippen LogP contribution in [0, 0.1) is 0 Å². The summed E-state index contributed by atoms with van der Waals surface area (Å²) in [6.45, 7) is 6.40. The summed E-state index contributed by atoms with van der Waals surface area (Å²) in [5.41, 5.74) is 0. The third-order valence-electron chi connectivity index (χ3n) is 2.57. The molecule has 0 radical (unpaired) electrons. The lowest BCUT2D eigenvalue weighted by molar-refractivity contribution is -0.146. The standard InChI is InChI=1S/C10H19NO3/c1-8-7-11(5-4-6-14-8)9(2)10(12)13-3/h8-9H,4-7H2,1-3H3. The molecule has 0 N–H and O–H groups in total. The predicted molar refractivity (Wildman–Crippen MR) is 53.1 cm³/mol. The first-order chi connectivity index (χ1) is 6.65. The number of hydrogen-bond donors (Lipinski definition) is 0. The van der Waals surface area contributed by atoms with Crippen LogP contribution < -0.4 is 0 Å². The van der Waals surface area contributed by atoms with Gasteiger partial charge in [0.15, 0.2) is 0 Å². The number of ether oxygens (including phenoxy) is 2. The number of hydrogen-bond acceptors (Lipinski definition) is 4. The molecule has 2 unspecified atom stereocenters. The van der Waals surface area contributed by atoms with Gasteiger partial charge in [-0.25, -0.2) is 0 Å². The maximum atomic E-state index is 11.3. The zero-order valence-electron chi connectivity index (χ0n) is 9.16. The predicted octanol–water partition coefficient (Wildman–Crippen LogP) is 0.659. The largest absolute Gasteiger partial charge is 0.468 e. The van der Waals surface area contributed by atoms with Crippen molar-refractivity contribution in [1.82, 2.24) is 4.90 Å². The molecule has 0 aromatic carbocycles. The number of methoxy groups -OCH3 is 1. The minimum atomic E-state index is -0.167. The second kappa shape index (κ2) is 5.32. The molecule has 1 rings (SSSR count). The van der Waals surface area contributed by atoms with E-state index in [1.165, 1.54) is 7.11 Å². The lowest BCUT2D eigenvalue weighted by Gasteiger charge is -2.26. The Morgan fingerprint density at radius 1 is 1.64 bits per heavy atom. The van der Waals surface area contributed by atoms with Crippen molar-refractivity contribution >= 4 is 5.97 Å². The summed E-state index contributed by atoms with van der Waals surface area (Å²) in [6, 6.07) is -0.163. The van der Waals surface area contributed by atoms with E-state index in [-0.39, 0.29) is 18.1 Å². The van der Waals surface area contributed by atoms with E-state index < -0.39 is 0 Å². The van der Waals surface area contributed by atoms with Crippen molar-refractivity contribution in [3.63, 3.8) is 0 Å². The Morgan fingerprint density at radius 2 is 2.36 bits per heavy atom. The van der Waals surface area contributed by atoms with Gasteiger partial charge < -0.3 is 9.47 Å². The van der Waals surface area contributed by atoms with Crippen LogP contribution in [0.4, 0.5) is 0 Å². The van der Waals surface area contributed by atoms with Gasteiger partial charge in [-0.1, -0.05) is 0 Å².